The minimum Gasteiger partial charge on any atom is -0.395 e. The molecule has 0 rings (SSSR count). The van der Waals surface area contributed by atoms with Crippen LogP contribution in [0.3, 0.4) is 0 Å². The topological polar surface area (TPSA) is 26.7 Å². The van der Waals surface area contributed by atoms with Gasteiger partial charge in [0.1, 0.15) is 0 Å². The van der Waals surface area contributed by atoms with Gasteiger partial charge in [0.2, 0.25) is 0 Å². The van der Waals surface area contributed by atoms with Gasteiger partial charge in [0, 0.05) is 12.6 Å². The number of nitrogens with zero attached hydrogens (tertiary/aromatic N) is 2. The standard InChI is InChI=1S/C7H18N2O/c1-8(2)5-7(6-10)9(3)4/h7,10H,5-6H2,1-4H3/t7-/m1/s1. The minimum absolute atomic E-state index is 0.227. The molecule has 0 aliphatic heterocycles. The van der Waals surface area contributed by atoms with Crippen molar-refractivity contribution in [3.63, 3.8) is 0 Å². The molecule has 1 atom stereocenters. The van der Waals surface area contributed by atoms with E-state index in [1.807, 2.05) is 33.1 Å². The number of hydrogen-bond acceptors (Lipinski definition) is 3. The fraction of sp³-hybridized carbons (Fsp3) is 1.00. The maximum Gasteiger partial charge on any atom is 0.0599 e. The second-order valence-electron chi connectivity index (χ2n) is 3.06. The third kappa shape index (κ3) is 3.82. The summed E-state index contributed by atoms with van der Waals surface area (Å²) in [5.74, 6) is 0. The van der Waals surface area contributed by atoms with Crippen molar-refractivity contribution in [3.8, 4) is 0 Å². The zero-order valence-electron chi connectivity index (χ0n) is 7.33. The Morgan fingerprint density at radius 1 is 1.20 bits per heavy atom. The predicted molar refractivity (Wildman–Crippen MR) is 43.1 cm³/mol. The van der Waals surface area contributed by atoms with Crippen molar-refractivity contribution < 1.29 is 5.11 Å². The van der Waals surface area contributed by atoms with Gasteiger partial charge in [-0.3, -0.25) is 0 Å². The number of aliphatic hydroxyl groups is 1. The predicted octanol–water partition coefficient (Wildman–Crippen LogP) is -0.529. The first-order valence-corrected chi connectivity index (χ1v) is 3.50. The molecule has 0 radical (unpaired) electrons. The van der Waals surface area contributed by atoms with Crippen LogP contribution in [0.25, 0.3) is 0 Å². The lowest BCUT2D eigenvalue weighted by Gasteiger charge is -2.24. The third-order valence-electron chi connectivity index (χ3n) is 1.52. The first-order valence-electron chi connectivity index (χ1n) is 3.50. The Bertz CT molecular complexity index is 83.7. The Morgan fingerprint density at radius 2 is 1.70 bits per heavy atom. The lowest BCUT2D eigenvalue weighted by Crippen LogP contribution is -2.39. The van der Waals surface area contributed by atoms with E-state index in [4.69, 9.17) is 5.11 Å². The van der Waals surface area contributed by atoms with E-state index >= 15 is 0 Å². The quantitative estimate of drug-likeness (QED) is 0.577. The second kappa shape index (κ2) is 4.66. The van der Waals surface area contributed by atoms with Crippen LogP contribution < -0.4 is 0 Å². The van der Waals surface area contributed by atoms with Gasteiger partial charge in [0.05, 0.1) is 6.61 Å². The van der Waals surface area contributed by atoms with E-state index in [1.54, 1.807) is 0 Å². The van der Waals surface area contributed by atoms with Crippen molar-refractivity contribution in [2.45, 2.75) is 6.04 Å². The zero-order chi connectivity index (χ0) is 8.15. The third-order valence-corrected chi connectivity index (χ3v) is 1.52. The Morgan fingerprint density at radius 3 is 1.80 bits per heavy atom. The van der Waals surface area contributed by atoms with Gasteiger partial charge in [-0.25, -0.2) is 0 Å². The van der Waals surface area contributed by atoms with Gasteiger partial charge >= 0.3 is 0 Å². The summed E-state index contributed by atoms with van der Waals surface area (Å²) in [6.45, 7) is 1.13. The molecule has 10 heavy (non-hydrogen) atoms. The second-order valence-corrected chi connectivity index (χ2v) is 3.06. The largest absolute Gasteiger partial charge is 0.395 e. The fourth-order valence-electron chi connectivity index (χ4n) is 0.806. The van der Waals surface area contributed by atoms with Crippen LogP contribution in [0.1, 0.15) is 0 Å². The van der Waals surface area contributed by atoms with Gasteiger partial charge in [-0.2, -0.15) is 0 Å². The number of likely N-dealkylation sites (N-methyl/N-ethyl adjacent to an activating group) is 2. The Hall–Kier alpha value is -0.120. The van der Waals surface area contributed by atoms with Crippen LogP contribution in [-0.2, 0) is 0 Å². The number of aliphatic hydroxyl groups excluding tert-OH is 1. The highest BCUT2D eigenvalue weighted by molar-refractivity contribution is 4.66. The summed E-state index contributed by atoms with van der Waals surface area (Å²) >= 11 is 0. The van der Waals surface area contributed by atoms with E-state index in [-0.39, 0.29) is 12.6 Å². The van der Waals surface area contributed by atoms with Crippen molar-refractivity contribution in [2.75, 3.05) is 41.3 Å². The maximum atomic E-state index is 8.88. The number of hydrogen-bond donors (Lipinski definition) is 1. The summed E-state index contributed by atoms with van der Waals surface area (Å²) in [4.78, 5) is 4.10. The highest BCUT2D eigenvalue weighted by Gasteiger charge is 2.09. The Labute approximate surface area is 63.2 Å². The van der Waals surface area contributed by atoms with Gasteiger partial charge < -0.3 is 14.9 Å². The molecule has 0 saturated carbocycles. The molecule has 0 spiro atoms. The molecule has 0 aromatic rings. The summed E-state index contributed by atoms with van der Waals surface area (Å²) in [5.41, 5.74) is 0. The molecule has 0 bridgehead atoms. The van der Waals surface area contributed by atoms with Crippen molar-refractivity contribution >= 4 is 0 Å². The highest BCUT2D eigenvalue weighted by atomic mass is 16.3. The molecule has 0 aromatic carbocycles. The molecule has 0 heterocycles. The van der Waals surface area contributed by atoms with E-state index in [0.717, 1.165) is 6.54 Å². The van der Waals surface area contributed by atoms with Gasteiger partial charge in [-0.1, -0.05) is 0 Å². The van der Waals surface area contributed by atoms with Crippen LogP contribution in [0.15, 0.2) is 0 Å². The van der Waals surface area contributed by atoms with E-state index in [1.165, 1.54) is 0 Å². The molecule has 0 aromatic heterocycles. The SMILES string of the molecule is CN(C)C[C@H](CO)N(C)C. The summed E-state index contributed by atoms with van der Waals surface area (Å²) in [7, 11) is 7.97. The molecule has 0 saturated heterocycles. The van der Waals surface area contributed by atoms with Crippen molar-refractivity contribution in [3.05, 3.63) is 0 Å². The summed E-state index contributed by atoms with van der Waals surface area (Å²) in [6, 6.07) is 0.259. The molecule has 0 unspecified atom stereocenters. The molecule has 62 valence electrons. The molecule has 0 amide bonds. The zero-order valence-corrected chi connectivity index (χ0v) is 7.33. The average molecular weight is 146 g/mol. The maximum absolute atomic E-state index is 8.88. The average Bonchev–Trinajstić information content (AvgIpc) is 1.81. The molecule has 3 heteroatoms. The minimum atomic E-state index is 0.227. The van der Waals surface area contributed by atoms with Gasteiger partial charge in [0.15, 0.2) is 0 Å². The summed E-state index contributed by atoms with van der Waals surface area (Å²) in [6.07, 6.45) is 0. The van der Waals surface area contributed by atoms with Gasteiger partial charge in [-0.05, 0) is 28.2 Å². The summed E-state index contributed by atoms with van der Waals surface area (Å²) < 4.78 is 0. The lowest BCUT2D eigenvalue weighted by molar-refractivity contribution is 0.141. The normalized spacial score (nSPS) is 14.7. The van der Waals surface area contributed by atoms with Crippen LogP contribution in [0.4, 0.5) is 0 Å². The van der Waals surface area contributed by atoms with Crippen LogP contribution in [0.2, 0.25) is 0 Å². The molecular formula is C7H18N2O. The van der Waals surface area contributed by atoms with E-state index < -0.39 is 0 Å². The van der Waals surface area contributed by atoms with Crippen LogP contribution in [0.5, 0.6) is 0 Å². The Balaban J connectivity index is 3.60. The van der Waals surface area contributed by atoms with Crippen molar-refractivity contribution in [1.29, 1.82) is 0 Å². The first-order chi connectivity index (χ1) is 4.57. The molecular weight excluding hydrogens is 128 g/mol. The summed E-state index contributed by atoms with van der Waals surface area (Å²) in [5, 5.41) is 8.88. The highest BCUT2D eigenvalue weighted by Crippen LogP contribution is 1.92. The van der Waals surface area contributed by atoms with Crippen LogP contribution >= 0.6 is 0 Å². The number of rotatable bonds is 4. The molecule has 0 aliphatic rings. The lowest BCUT2D eigenvalue weighted by atomic mass is 10.3. The molecule has 0 fully saturated rings. The van der Waals surface area contributed by atoms with E-state index in [9.17, 15) is 0 Å². The molecule has 0 aliphatic carbocycles. The first kappa shape index (κ1) is 9.88. The Kier molecular flexibility index (Phi) is 4.60. The monoisotopic (exact) mass is 146 g/mol. The van der Waals surface area contributed by atoms with Gasteiger partial charge in [-0.15, -0.1) is 0 Å². The van der Waals surface area contributed by atoms with Crippen LogP contribution in [-0.4, -0.2) is 62.3 Å². The van der Waals surface area contributed by atoms with Crippen molar-refractivity contribution in [2.24, 2.45) is 0 Å². The molecule has 3 nitrogen and oxygen atoms in total. The van der Waals surface area contributed by atoms with Crippen molar-refractivity contribution in [1.82, 2.24) is 9.80 Å². The smallest absolute Gasteiger partial charge is 0.0599 e. The fourth-order valence-corrected chi connectivity index (χ4v) is 0.806. The van der Waals surface area contributed by atoms with E-state index in [2.05, 4.69) is 4.90 Å². The van der Waals surface area contributed by atoms with Gasteiger partial charge in [0.25, 0.3) is 0 Å². The van der Waals surface area contributed by atoms with Crippen LogP contribution in [0, 0.1) is 0 Å². The van der Waals surface area contributed by atoms with E-state index in [0.29, 0.717) is 0 Å². The molecule has 1 N–H and O–H groups in total.